The van der Waals surface area contributed by atoms with Crippen LogP contribution in [-0.4, -0.2) is 47.9 Å². The fourth-order valence-corrected chi connectivity index (χ4v) is 4.60. The van der Waals surface area contributed by atoms with Crippen molar-refractivity contribution >= 4 is 33.2 Å². The first-order valence-corrected chi connectivity index (χ1v) is 8.59. The molecule has 3 rings (SSSR count). The van der Waals surface area contributed by atoms with E-state index in [2.05, 4.69) is 37.9 Å². The Kier molecular flexibility index (Phi) is 4.24. The molecule has 2 aliphatic heterocycles. The van der Waals surface area contributed by atoms with E-state index in [0.29, 0.717) is 18.4 Å². The minimum absolute atomic E-state index is 0.363. The minimum atomic E-state index is 0.363. The van der Waals surface area contributed by atoms with Gasteiger partial charge in [-0.3, -0.25) is 9.69 Å². The number of aryl methyl sites for hydroxylation is 1. The normalized spacial score (nSPS) is 25.8. The van der Waals surface area contributed by atoms with Crippen molar-refractivity contribution in [3.63, 3.8) is 0 Å². The summed E-state index contributed by atoms with van der Waals surface area (Å²) in [6, 6.07) is 4.73. The van der Waals surface area contributed by atoms with Crippen molar-refractivity contribution in [1.29, 1.82) is 0 Å². The summed E-state index contributed by atoms with van der Waals surface area (Å²) < 4.78 is 1.18. The lowest BCUT2D eigenvalue weighted by atomic mass is 10.1. The van der Waals surface area contributed by atoms with Crippen LogP contribution in [0.15, 0.2) is 15.9 Å². The van der Waals surface area contributed by atoms with Crippen molar-refractivity contribution in [2.45, 2.75) is 31.7 Å². The maximum atomic E-state index is 12.3. The molecule has 0 radical (unpaired) electrons. The lowest BCUT2D eigenvalue weighted by Gasteiger charge is -2.34. The van der Waals surface area contributed by atoms with Gasteiger partial charge in [-0.1, -0.05) is 0 Å². The highest BCUT2D eigenvalue weighted by molar-refractivity contribution is 9.11. The van der Waals surface area contributed by atoms with Crippen LogP contribution in [0.5, 0.6) is 0 Å². The number of nitrogens with zero attached hydrogens (tertiary/aromatic N) is 2. The molecular weight excluding hydrogens is 324 g/mol. The Bertz CT molecular complexity index is 462. The molecule has 3 heterocycles. The molecule has 0 N–H and O–H groups in total. The molecule has 0 aliphatic carbocycles. The SMILES string of the molecule is O=C(CCCc1ccc(Br)s1)N1CCN2CCC1C2. The maximum absolute atomic E-state index is 12.3. The van der Waals surface area contributed by atoms with E-state index < -0.39 is 0 Å². The Morgan fingerprint density at radius 3 is 3.05 bits per heavy atom. The van der Waals surface area contributed by atoms with Crippen LogP contribution in [0.3, 0.4) is 0 Å². The van der Waals surface area contributed by atoms with E-state index in [-0.39, 0.29) is 0 Å². The highest BCUT2D eigenvalue weighted by Crippen LogP contribution is 2.24. The highest BCUT2D eigenvalue weighted by atomic mass is 79.9. The van der Waals surface area contributed by atoms with Gasteiger partial charge in [0, 0.05) is 43.5 Å². The first-order chi connectivity index (χ1) is 9.22. The number of carbonyl (C=O) groups is 1. The van der Waals surface area contributed by atoms with E-state index in [1.807, 2.05) is 0 Å². The molecule has 5 heteroatoms. The largest absolute Gasteiger partial charge is 0.337 e. The third-order valence-corrected chi connectivity index (χ3v) is 5.79. The third kappa shape index (κ3) is 3.20. The molecule has 0 saturated carbocycles. The summed E-state index contributed by atoms with van der Waals surface area (Å²) in [5.41, 5.74) is 0. The Morgan fingerprint density at radius 1 is 1.37 bits per heavy atom. The quantitative estimate of drug-likeness (QED) is 0.839. The molecular formula is C14H19BrN2OS. The Labute approximate surface area is 126 Å². The summed E-state index contributed by atoms with van der Waals surface area (Å²) in [5.74, 6) is 0.363. The molecule has 2 unspecified atom stereocenters. The van der Waals surface area contributed by atoms with Crippen LogP contribution >= 0.6 is 27.3 Å². The number of piperazine rings is 1. The lowest BCUT2D eigenvalue weighted by molar-refractivity contribution is -0.134. The van der Waals surface area contributed by atoms with E-state index in [4.69, 9.17) is 0 Å². The average Bonchev–Trinajstić information content (AvgIpc) is 2.97. The monoisotopic (exact) mass is 342 g/mol. The summed E-state index contributed by atoms with van der Waals surface area (Å²) in [6.07, 6.45) is 3.86. The van der Waals surface area contributed by atoms with Crippen LogP contribution in [0.4, 0.5) is 0 Å². The standard InChI is InChI=1S/C14H19BrN2OS/c15-13-5-4-12(19-13)2-1-3-14(18)17-9-8-16-7-6-11(17)10-16/h4-5,11H,1-3,6-10H2. The van der Waals surface area contributed by atoms with Crippen LogP contribution in [-0.2, 0) is 11.2 Å². The minimum Gasteiger partial charge on any atom is -0.337 e. The molecule has 2 bridgehead atoms. The molecule has 2 aliphatic rings. The number of amides is 1. The fraction of sp³-hybridized carbons (Fsp3) is 0.643. The van der Waals surface area contributed by atoms with Crippen molar-refractivity contribution in [3.8, 4) is 0 Å². The van der Waals surface area contributed by atoms with E-state index in [0.717, 1.165) is 32.5 Å². The number of rotatable bonds is 4. The number of halogens is 1. The molecule has 2 fully saturated rings. The lowest BCUT2D eigenvalue weighted by Crippen LogP contribution is -2.49. The van der Waals surface area contributed by atoms with Crippen molar-refractivity contribution < 1.29 is 4.79 Å². The van der Waals surface area contributed by atoms with Crippen LogP contribution in [0, 0.1) is 0 Å². The summed E-state index contributed by atoms with van der Waals surface area (Å²) in [5, 5.41) is 0. The van der Waals surface area contributed by atoms with Crippen LogP contribution in [0.1, 0.15) is 24.1 Å². The van der Waals surface area contributed by atoms with Crippen molar-refractivity contribution in [2.24, 2.45) is 0 Å². The third-order valence-electron chi connectivity index (χ3n) is 4.11. The van der Waals surface area contributed by atoms with Gasteiger partial charge in [0.25, 0.3) is 0 Å². The molecule has 2 saturated heterocycles. The number of hydrogen-bond acceptors (Lipinski definition) is 3. The highest BCUT2D eigenvalue weighted by Gasteiger charge is 2.34. The van der Waals surface area contributed by atoms with Gasteiger partial charge in [-0.05, 0) is 47.3 Å². The summed E-state index contributed by atoms with van der Waals surface area (Å²) >= 11 is 5.25. The van der Waals surface area contributed by atoms with E-state index in [1.165, 1.54) is 21.6 Å². The van der Waals surface area contributed by atoms with Gasteiger partial charge in [0.05, 0.1) is 3.79 Å². The van der Waals surface area contributed by atoms with Crippen molar-refractivity contribution in [3.05, 3.63) is 20.8 Å². The van der Waals surface area contributed by atoms with Gasteiger partial charge >= 0.3 is 0 Å². The van der Waals surface area contributed by atoms with E-state index >= 15 is 0 Å². The second kappa shape index (κ2) is 5.94. The molecule has 0 aromatic carbocycles. The van der Waals surface area contributed by atoms with Gasteiger partial charge in [0.2, 0.25) is 5.91 Å². The summed E-state index contributed by atoms with van der Waals surface area (Å²) in [7, 11) is 0. The zero-order valence-electron chi connectivity index (χ0n) is 11.0. The first-order valence-electron chi connectivity index (χ1n) is 6.98. The number of hydrogen-bond donors (Lipinski definition) is 0. The maximum Gasteiger partial charge on any atom is 0.222 e. The zero-order chi connectivity index (χ0) is 13.2. The molecule has 1 aromatic rings. The van der Waals surface area contributed by atoms with E-state index in [9.17, 15) is 4.79 Å². The van der Waals surface area contributed by atoms with Crippen molar-refractivity contribution in [2.75, 3.05) is 26.2 Å². The van der Waals surface area contributed by atoms with Gasteiger partial charge in [-0.2, -0.15) is 0 Å². The van der Waals surface area contributed by atoms with Crippen molar-refractivity contribution in [1.82, 2.24) is 9.80 Å². The molecule has 0 spiro atoms. The molecule has 3 nitrogen and oxygen atoms in total. The Balaban J connectivity index is 1.46. The molecule has 1 amide bonds. The number of thiophene rings is 1. The van der Waals surface area contributed by atoms with Gasteiger partial charge in [0.15, 0.2) is 0 Å². The first kappa shape index (κ1) is 13.6. The Hall–Kier alpha value is -0.390. The zero-order valence-corrected chi connectivity index (χ0v) is 13.4. The summed E-state index contributed by atoms with van der Waals surface area (Å²) in [4.78, 5) is 18.3. The second-order valence-corrected chi connectivity index (χ2v) is 7.94. The smallest absolute Gasteiger partial charge is 0.222 e. The van der Waals surface area contributed by atoms with Crippen LogP contribution in [0.2, 0.25) is 0 Å². The number of fused-ring (bicyclic) bond motifs is 2. The fourth-order valence-electron chi connectivity index (χ4n) is 3.07. The van der Waals surface area contributed by atoms with Gasteiger partial charge in [0.1, 0.15) is 0 Å². The predicted molar refractivity (Wildman–Crippen MR) is 81.5 cm³/mol. The van der Waals surface area contributed by atoms with Crippen LogP contribution < -0.4 is 0 Å². The van der Waals surface area contributed by atoms with E-state index in [1.54, 1.807) is 11.3 Å². The summed E-state index contributed by atoms with van der Waals surface area (Å²) in [6.45, 7) is 4.29. The molecule has 19 heavy (non-hydrogen) atoms. The second-order valence-electron chi connectivity index (χ2n) is 5.39. The molecule has 1 aromatic heterocycles. The topological polar surface area (TPSA) is 23.6 Å². The molecule has 104 valence electrons. The van der Waals surface area contributed by atoms with Gasteiger partial charge in [-0.15, -0.1) is 11.3 Å². The van der Waals surface area contributed by atoms with Crippen LogP contribution in [0.25, 0.3) is 0 Å². The Morgan fingerprint density at radius 2 is 2.26 bits per heavy atom. The van der Waals surface area contributed by atoms with Gasteiger partial charge < -0.3 is 4.90 Å². The predicted octanol–water partition coefficient (Wildman–Crippen LogP) is 2.75. The number of carbonyl (C=O) groups excluding carboxylic acids is 1. The van der Waals surface area contributed by atoms with Gasteiger partial charge in [-0.25, -0.2) is 0 Å². The molecule has 2 atom stereocenters. The average molecular weight is 343 g/mol.